The summed E-state index contributed by atoms with van der Waals surface area (Å²) in [4.78, 5) is 23.6. The molecular weight excluding hydrogens is 435 g/mol. The summed E-state index contributed by atoms with van der Waals surface area (Å²) in [5.74, 6) is -0.188. The van der Waals surface area contributed by atoms with Crippen molar-refractivity contribution in [3.63, 3.8) is 0 Å². The Hall–Kier alpha value is -3.93. The number of aryl methyl sites for hydroxylation is 1. The van der Waals surface area contributed by atoms with Gasteiger partial charge in [-0.05, 0) is 69.8 Å². The van der Waals surface area contributed by atoms with E-state index in [1.807, 2.05) is 12.1 Å². The van der Waals surface area contributed by atoms with Crippen LogP contribution in [-0.2, 0) is 30.5 Å². The minimum atomic E-state index is -0.774. The van der Waals surface area contributed by atoms with Crippen LogP contribution in [0.3, 0.4) is 0 Å². The molecule has 4 rings (SSSR count). The maximum Gasteiger partial charge on any atom is 0.417 e. The van der Waals surface area contributed by atoms with Gasteiger partial charge in [-0.15, -0.1) is 0 Å². The summed E-state index contributed by atoms with van der Waals surface area (Å²) in [7, 11) is 0. The number of hydrogen-bond acceptors (Lipinski definition) is 6. The van der Waals surface area contributed by atoms with E-state index in [-0.39, 0.29) is 24.0 Å². The summed E-state index contributed by atoms with van der Waals surface area (Å²) in [6.45, 7) is 5.23. The number of rotatable bonds is 5. The van der Waals surface area contributed by atoms with E-state index < -0.39 is 11.7 Å². The quantitative estimate of drug-likeness (QED) is 0.609. The van der Waals surface area contributed by atoms with E-state index in [4.69, 9.17) is 10.5 Å². The van der Waals surface area contributed by atoms with E-state index in [0.717, 1.165) is 36.0 Å². The van der Waals surface area contributed by atoms with Crippen LogP contribution in [0.4, 0.5) is 15.1 Å². The molecule has 0 unspecified atom stereocenters. The Kier molecular flexibility index (Phi) is 6.24. The van der Waals surface area contributed by atoms with Gasteiger partial charge in [-0.1, -0.05) is 12.1 Å². The van der Waals surface area contributed by atoms with Crippen LogP contribution < -0.4 is 10.6 Å². The number of nitriles is 1. The van der Waals surface area contributed by atoms with Gasteiger partial charge in [-0.25, -0.2) is 24.1 Å². The van der Waals surface area contributed by atoms with Crippen molar-refractivity contribution in [2.75, 3.05) is 4.90 Å². The van der Waals surface area contributed by atoms with Gasteiger partial charge >= 0.3 is 6.09 Å². The van der Waals surface area contributed by atoms with Gasteiger partial charge in [0.05, 0.1) is 12.7 Å². The third kappa shape index (κ3) is 4.57. The number of fused-ring (bicyclic) bond motifs is 2. The minimum absolute atomic E-state index is 0.0614. The van der Waals surface area contributed by atoms with E-state index in [2.05, 4.69) is 9.97 Å². The lowest BCUT2D eigenvalue weighted by atomic mass is 10.0. The topological polar surface area (TPSA) is 110 Å². The molecule has 0 spiro atoms. The number of ether oxygens (including phenoxy) is 1. The minimum Gasteiger partial charge on any atom is -0.443 e. The van der Waals surface area contributed by atoms with Crippen LogP contribution in [0.15, 0.2) is 36.8 Å². The first kappa shape index (κ1) is 23.2. The number of benzene rings is 1. The molecule has 0 saturated heterocycles. The number of anilines is 1. The molecule has 0 bridgehead atoms. The van der Waals surface area contributed by atoms with Crippen molar-refractivity contribution < 1.29 is 13.9 Å². The first-order chi connectivity index (χ1) is 16.2. The number of allylic oxidation sites excluding steroid dienone is 1. The van der Waals surface area contributed by atoms with Crippen LogP contribution in [0, 0.1) is 17.1 Å². The molecule has 176 valence electrons. The molecule has 34 heavy (non-hydrogen) atoms. The first-order valence-electron chi connectivity index (χ1n) is 11.1. The monoisotopic (exact) mass is 462 g/mol. The fourth-order valence-corrected chi connectivity index (χ4v) is 4.18. The first-order valence-corrected chi connectivity index (χ1v) is 11.1. The Morgan fingerprint density at radius 2 is 2.18 bits per heavy atom. The third-order valence-corrected chi connectivity index (χ3v) is 5.65. The molecule has 1 aromatic carbocycles. The van der Waals surface area contributed by atoms with Crippen LogP contribution in [0.2, 0.25) is 0 Å². The van der Waals surface area contributed by atoms with Gasteiger partial charge in [0.15, 0.2) is 5.69 Å². The van der Waals surface area contributed by atoms with E-state index in [0.29, 0.717) is 17.6 Å². The highest BCUT2D eigenvalue weighted by Gasteiger charge is 2.30. The molecule has 1 aliphatic carbocycles. The largest absolute Gasteiger partial charge is 0.443 e. The van der Waals surface area contributed by atoms with E-state index >= 15 is 4.39 Å². The van der Waals surface area contributed by atoms with Crippen LogP contribution >= 0.6 is 0 Å². The van der Waals surface area contributed by atoms with Gasteiger partial charge in [0.25, 0.3) is 0 Å². The maximum absolute atomic E-state index is 15.0. The standard InChI is InChI=1S/C25H27FN6O2/c1-25(2,3)34-24(33)32(15-20-19-8-4-6-16(19)9-10-21(20)26)23-29-13-17(7-5-11-27)22-30-18(12-28)14-31(22)23/h5,9-11,13-14H,4,6-8,15,27H2,1-3H3/b11-5-. The fourth-order valence-electron chi connectivity index (χ4n) is 4.18. The molecule has 0 saturated carbocycles. The predicted molar refractivity (Wildman–Crippen MR) is 126 cm³/mol. The number of carbonyl (C=O) groups excluding carboxylic acids is 1. The lowest BCUT2D eigenvalue weighted by molar-refractivity contribution is 0.0574. The summed E-state index contributed by atoms with van der Waals surface area (Å²) in [6.07, 6.45) is 8.61. The molecule has 9 heteroatoms. The van der Waals surface area contributed by atoms with Gasteiger partial charge in [-0.2, -0.15) is 5.26 Å². The molecule has 0 fully saturated rings. The second-order valence-corrected chi connectivity index (χ2v) is 9.23. The Morgan fingerprint density at radius 3 is 2.88 bits per heavy atom. The van der Waals surface area contributed by atoms with Crippen molar-refractivity contribution in [3.05, 3.63) is 70.6 Å². The molecule has 2 N–H and O–H groups in total. The van der Waals surface area contributed by atoms with Crippen molar-refractivity contribution in [3.8, 4) is 6.07 Å². The number of aromatic nitrogens is 3. The Bertz CT molecular complexity index is 1320. The van der Waals surface area contributed by atoms with Crippen LogP contribution in [0.25, 0.3) is 5.65 Å². The van der Waals surface area contributed by atoms with Crippen LogP contribution in [0.5, 0.6) is 0 Å². The summed E-state index contributed by atoms with van der Waals surface area (Å²) in [6, 6.07) is 5.29. The summed E-state index contributed by atoms with van der Waals surface area (Å²) < 4.78 is 22.3. The highest BCUT2D eigenvalue weighted by molar-refractivity contribution is 5.86. The number of hydrogen-bond donors (Lipinski definition) is 1. The number of nitrogens with two attached hydrogens (primary N) is 1. The van der Waals surface area contributed by atoms with Crippen molar-refractivity contribution in [1.82, 2.24) is 14.4 Å². The predicted octanol–water partition coefficient (Wildman–Crippen LogP) is 4.19. The van der Waals surface area contributed by atoms with Crippen molar-refractivity contribution in [1.29, 1.82) is 5.26 Å². The molecule has 2 aromatic heterocycles. The van der Waals surface area contributed by atoms with Crippen molar-refractivity contribution >= 4 is 17.7 Å². The van der Waals surface area contributed by atoms with Gasteiger partial charge in [-0.3, -0.25) is 4.40 Å². The smallest absolute Gasteiger partial charge is 0.417 e. The molecule has 0 radical (unpaired) electrons. The van der Waals surface area contributed by atoms with Gasteiger partial charge in [0, 0.05) is 17.3 Å². The molecule has 1 amide bonds. The summed E-state index contributed by atoms with van der Waals surface area (Å²) >= 11 is 0. The second-order valence-electron chi connectivity index (χ2n) is 9.23. The van der Waals surface area contributed by atoms with E-state index in [1.165, 1.54) is 23.4 Å². The number of halogens is 1. The van der Waals surface area contributed by atoms with Crippen molar-refractivity contribution in [2.45, 2.75) is 58.6 Å². The highest BCUT2D eigenvalue weighted by atomic mass is 19.1. The Balaban J connectivity index is 1.87. The van der Waals surface area contributed by atoms with Crippen molar-refractivity contribution in [2.24, 2.45) is 5.73 Å². The zero-order chi connectivity index (χ0) is 24.5. The second kappa shape index (κ2) is 9.14. The number of nitrogens with zero attached hydrogens (tertiary/aromatic N) is 5. The molecule has 2 heterocycles. The van der Waals surface area contributed by atoms with Gasteiger partial charge < -0.3 is 10.5 Å². The normalized spacial score (nSPS) is 13.3. The zero-order valence-electron chi connectivity index (χ0n) is 19.5. The molecule has 0 aliphatic heterocycles. The summed E-state index contributed by atoms with van der Waals surface area (Å²) in [5, 5.41) is 9.44. The van der Waals surface area contributed by atoms with Gasteiger partial charge in [0.2, 0.25) is 5.95 Å². The lowest BCUT2D eigenvalue weighted by Gasteiger charge is -2.28. The lowest BCUT2D eigenvalue weighted by Crippen LogP contribution is -2.38. The maximum atomic E-state index is 15.0. The fraction of sp³-hybridized carbons (Fsp3) is 0.360. The van der Waals surface area contributed by atoms with Gasteiger partial charge in [0.1, 0.15) is 23.1 Å². The average Bonchev–Trinajstić information content (AvgIpc) is 3.43. The molecular formula is C25H27FN6O2. The third-order valence-electron chi connectivity index (χ3n) is 5.65. The zero-order valence-corrected chi connectivity index (χ0v) is 19.5. The molecule has 3 aromatic rings. The molecule has 8 nitrogen and oxygen atoms in total. The Morgan fingerprint density at radius 1 is 1.38 bits per heavy atom. The molecule has 0 atom stereocenters. The molecule has 1 aliphatic rings. The highest BCUT2D eigenvalue weighted by Crippen LogP contribution is 2.30. The van der Waals surface area contributed by atoms with E-state index in [9.17, 15) is 10.1 Å². The number of imidazole rings is 1. The van der Waals surface area contributed by atoms with Crippen LogP contribution in [0.1, 0.15) is 55.1 Å². The Labute approximate surface area is 197 Å². The number of amides is 1. The average molecular weight is 463 g/mol. The van der Waals surface area contributed by atoms with Crippen LogP contribution in [-0.4, -0.2) is 26.1 Å². The van der Waals surface area contributed by atoms with E-state index in [1.54, 1.807) is 37.4 Å². The summed E-state index contributed by atoms with van der Waals surface area (Å²) in [5.41, 5.74) is 8.55. The number of carbonyl (C=O) groups is 1. The SMILES string of the molecule is CC(C)(C)OC(=O)N(Cc1c(F)ccc2c1CCC2)c1ncc(C/C=C\N)c2nc(C#N)cn12.